The number of pyridine rings is 2. The zero-order valence-corrected chi connectivity index (χ0v) is 31.5. The van der Waals surface area contributed by atoms with Crippen molar-refractivity contribution >= 4 is 0 Å². The lowest BCUT2D eigenvalue weighted by Crippen LogP contribution is -1.94. The lowest BCUT2D eigenvalue weighted by atomic mass is 9.87. The normalized spacial score (nSPS) is 11.1. The molecule has 0 saturated carbocycles. The highest BCUT2D eigenvalue weighted by Crippen LogP contribution is 2.42. The molecule has 0 atom stereocenters. The van der Waals surface area contributed by atoms with Crippen LogP contribution in [0.25, 0.3) is 89.3 Å². The largest absolute Gasteiger partial charge is 0.256 e. The minimum Gasteiger partial charge on any atom is -0.256 e. The Kier molecular flexibility index (Phi) is 9.78. The third-order valence-electron chi connectivity index (χ3n) is 10.5. The van der Waals surface area contributed by atoms with Gasteiger partial charge in [0.15, 0.2) is 0 Å². The van der Waals surface area contributed by atoms with E-state index >= 15 is 0 Å². The standard InChI is InChI=1S/C53H35F3N2/c1-34-26-40(28-41(27-34)45-23-21-42(54)29-48(45)39-20-25-52(57-32-39)47-24-22-43(55)30-51(47)56)44-14-8-9-15-46(44)50-33-58-53(38-12-6-3-7-13-38)31-49(50)37-18-16-36(17-19-37)35-10-4-2-5-11-35/h2-33H,1H3. The van der Waals surface area contributed by atoms with Crippen LogP contribution < -0.4 is 0 Å². The zero-order chi connectivity index (χ0) is 39.6. The van der Waals surface area contributed by atoms with E-state index in [0.717, 1.165) is 78.5 Å². The number of nitrogens with zero attached hydrogens (tertiary/aromatic N) is 2. The van der Waals surface area contributed by atoms with Gasteiger partial charge in [-0.3, -0.25) is 9.97 Å². The summed E-state index contributed by atoms with van der Waals surface area (Å²) < 4.78 is 43.1. The molecule has 278 valence electrons. The fourth-order valence-corrected chi connectivity index (χ4v) is 7.63. The van der Waals surface area contributed by atoms with Gasteiger partial charge < -0.3 is 0 Å². The average molecular weight is 757 g/mol. The first-order chi connectivity index (χ1) is 28.4. The second kappa shape index (κ2) is 15.6. The Morgan fingerprint density at radius 1 is 0.310 bits per heavy atom. The number of benzene rings is 7. The minimum atomic E-state index is -0.699. The smallest absolute Gasteiger partial charge is 0.135 e. The van der Waals surface area contributed by atoms with Crippen LogP contribution in [-0.2, 0) is 0 Å². The van der Waals surface area contributed by atoms with E-state index in [2.05, 4.69) is 115 Å². The Bertz CT molecular complexity index is 2910. The molecule has 5 heteroatoms. The second-order valence-electron chi connectivity index (χ2n) is 14.3. The van der Waals surface area contributed by atoms with Crippen molar-refractivity contribution in [2.75, 3.05) is 0 Å². The molecular formula is C53H35F3N2. The Balaban J connectivity index is 1.14. The Morgan fingerprint density at radius 2 is 0.845 bits per heavy atom. The maximum Gasteiger partial charge on any atom is 0.135 e. The highest BCUT2D eigenvalue weighted by atomic mass is 19.1. The van der Waals surface area contributed by atoms with E-state index in [1.165, 1.54) is 24.3 Å². The van der Waals surface area contributed by atoms with Crippen LogP contribution >= 0.6 is 0 Å². The van der Waals surface area contributed by atoms with Crippen molar-refractivity contribution in [3.8, 4) is 89.3 Å². The summed E-state index contributed by atoms with van der Waals surface area (Å²) in [6.07, 6.45) is 3.58. The molecule has 9 rings (SSSR count). The molecule has 0 fully saturated rings. The van der Waals surface area contributed by atoms with E-state index in [0.29, 0.717) is 16.8 Å². The highest BCUT2D eigenvalue weighted by Gasteiger charge is 2.18. The van der Waals surface area contributed by atoms with Gasteiger partial charge in [0.05, 0.1) is 11.4 Å². The van der Waals surface area contributed by atoms with E-state index in [4.69, 9.17) is 4.98 Å². The first-order valence-electron chi connectivity index (χ1n) is 19.0. The average Bonchev–Trinajstić information content (AvgIpc) is 3.27. The molecule has 0 radical (unpaired) electrons. The summed E-state index contributed by atoms with van der Waals surface area (Å²) in [7, 11) is 0. The lowest BCUT2D eigenvalue weighted by Gasteiger charge is -2.18. The number of hydrogen-bond donors (Lipinski definition) is 0. The predicted molar refractivity (Wildman–Crippen MR) is 230 cm³/mol. The van der Waals surface area contributed by atoms with Crippen LogP contribution in [0.5, 0.6) is 0 Å². The lowest BCUT2D eigenvalue weighted by molar-refractivity contribution is 0.585. The molecule has 2 nitrogen and oxygen atoms in total. The number of halogens is 3. The summed E-state index contributed by atoms with van der Waals surface area (Å²) in [5.41, 5.74) is 15.0. The molecule has 0 bridgehead atoms. The van der Waals surface area contributed by atoms with Crippen LogP contribution in [0.4, 0.5) is 13.2 Å². The molecule has 0 unspecified atom stereocenters. The van der Waals surface area contributed by atoms with Gasteiger partial charge in [-0.2, -0.15) is 0 Å². The quantitative estimate of drug-likeness (QED) is 0.154. The molecule has 58 heavy (non-hydrogen) atoms. The van der Waals surface area contributed by atoms with Gasteiger partial charge in [-0.15, -0.1) is 0 Å². The summed E-state index contributed by atoms with van der Waals surface area (Å²) in [4.78, 5) is 9.50. The summed E-state index contributed by atoms with van der Waals surface area (Å²) >= 11 is 0. The molecule has 0 saturated heterocycles. The molecule has 0 aliphatic heterocycles. The van der Waals surface area contributed by atoms with Gasteiger partial charge in [0.1, 0.15) is 17.5 Å². The number of hydrogen-bond acceptors (Lipinski definition) is 2. The van der Waals surface area contributed by atoms with Crippen molar-refractivity contribution in [3.63, 3.8) is 0 Å². The third kappa shape index (κ3) is 7.34. The summed E-state index contributed by atoms with van der Waals surface area (Å²) in [6.45, 7) is 2.06. The van der Waals surface area contributed by atoms with Crippen LogP contribution in [-0.4, -0.2) is 9.97 Å². The first-order valence-corrected chi connectivity index (χ1v) is 19.0. The first kappa shape index (κ1) is 36.3. The molecule has 0 spiro atoms. The van der Waals surface area contributed by atoms with Gasteiger partial charge in [0, 0.05) is 40.7 Å². The van der Waals surface area contributed by atoms with Crippen molar-refractivity contribution in [3.05, 3.63) is 217 Å². The van der Waals surface area contributed by atoms with Gasteiger partial charge in [-0.25, -0.2) is 13.2 Å². The van der Waals surface area contributed by atoms with Crippen molar-refractivity contribution in [1.29, 1.82) is 0 Å². The summed E-state index contributed by atoms with van der Waals surface area (Å²) in [6, 6.07) is 57.8. The van der Waals surface area contributed by atoms with Gasteiger partial charge in [0.25, 0.3) is 0 Å². The van der Waals surface area contributed by atoms with Gasteiger partial charge in [-0.1, -0.05) is 133 Å². The Labute approximate surface area is 335 Å². The SMILES string of the molecule is Cc1cc(-c2ccc(F)cc2-c2ccc(-c3ccc(F)cc3F)nc2)cc(-c2ccccc2-c2cnc(-c3ccccc3)cc2-c2ccc(-c3ccccc3)cc2)c1. The molecule has 0 aliphatic rings. The van der Waals surface area contributed by atoms with Crippen LogP contribution in [0, 0.1) is 24.4 Å². The van der Waals surface area contributed by atoms with E-state index in [1.807, 2.05) is 36.5 Å². The fourth-order valence-electron chi connectivity index (χ4n) is 7.63. The van der Waals surface area contributed by atoms with Crippen LogP contribution in [0.3, 0.4) is 0 Å². The van der Waals surface area contributed by atoms with E-state index < -0.39 is 11.6 Å². The van der Waals surface area contributed by atoms with E-state index in [1.54, 1.807) is 24.4 Å². The molecule has 0 N–H and O–H groups in total. The van der Waals surface area contributed by atoms with Crippen molar-refractivity contribution < 1.29 is 13.2 Å². The molecule has 7 aromatic carbocycles. The fraction of sp³-hybridized carbons (Fsp3) is 0.0189. The summed E-state index contributed by atoms with van der Waals surface area (Å²) in [5.74, 6) is -1.74. The zero-order valence-electron chi connectivity index (χ0n) is 31.5. The Hall–Kier alpha value is -7.37. The molecule has 9 aromatic rings. The monoisotopic (exact) mass is 756 g/mol. The molecule has 2 aromatic heterocycles. The van der Waals surface area contributed by atoms with E-state index in [-0.39, 0.29) is 11.4 Å². The van der Waals surface area contributed by atoms with Crippen LogP contribution in [0.15, 0.2) is 194 Å². The number of rotatable bonds is 8. The molecule has 0 amide bonds. The summed E-state index contributed by atoms with van der Waals surface area (Å²) in [5, 5.41) is 0. The van der Waals surface area contributed by atoms with Crippen molar-refractivity contribution in [2.24, 2.45) is 0 Å². The van der Waals surface area contributed by atoms with Gasteiger partial charge in [-0.05, 0) is 111 Å². The predicted octanol–water partition coefficient (Wildman–Crippen LogP) is 14.5. The number of aromatic nitrogens is 2. The van der Waals surface area contributed by atoms with Gasteiger partial charge >= 0.3 is 0 Å². The van der Waals surface area contributed by atoms with Crippen molar-refractivity contribution in [1.82, 2.24) is 9.97 Å². The topological polar surface area (TPSA) is 25.8 Å². The molecular weight excluding hydrogens is 722 g/mol. The molecule has 2 heterocycles. The van der Waals surface area contributed by atoms with Crippen LogP contribution in [0.2, 0.25) is 0 Å². The van der Waals surface area contributed by atoms with Crippen LogP contribution in [0.1, 0.15) is 5.56 Å². The minimum absolute atomic E-state index is 0.187. The Morgan fingerprint density at radius 3 is 1.52 bits per heavy atom. The van der Waals surface area contributed by atoms with Gasteiger partial charge in [0.2, 0.25) is 0 Å². The third-order valence-corrected chi connectivity index (χ3v) is 10.5. The number of aryl methyl sites for hydroxylation is 1. The van der Waals surface area contributed by atoms with Crippen molar-refractivity contribution in [2.45, 2.75) is 6.92 Å². The molecule has 0 aliphatic carbocycles. The maximum atomic E-state index is 15.0. The van der Waals surface area contributed by atoms with E-state index in [9.17, 15) is 13.2 Å². The maximum absolute atomic E-state index is 15.0. The second-order valence-corrected chi connectivity index (χ2v) is 14.3. The highest BCUT2D eigenvalue weighted by molar-refractivity contribution is 5.94.